The van der Waals surface area contributed by atoms with Crippen molar-refractivity contribution >= 4 is 29.9 Å². The van der Waals surface area contributed by atoms with Gasteiger partial charge in [-0.1, -0.05) is 36.4 Å². The second kappa shape index (κ2) is 12.0. The van der Waals surface area contributed by atoms with E-state index in [1.54, 1.807) is 14.2 Å². The number of rotatable bonds is 7. The van der Waals surface area contributed by atoms with Crippen molar-refractivity contribution in [2.24, 2.45) is 4.99 Å². The highest BCUT2D eigenvalue weighted by molar-refractivity contribution is 14.0. The SMILES string of the molecule is CCNC(=NCc1ccc(COC)cc1)N1CCC(c2ccc(OC)cc2)C1.I. The predicted octanol–water partition coefficient (Wildman–Crippen LogP) is 4.41. The molecule has 3 rings (SSSR count). The number of nitrogens with one attached hydrogen (secondary N) is 1. The molecule has 29 heavy (non-hydrogen) atoms. The fourth-order valence-corrected chi connectivity index (χ4v) is 3.60. The number of halogens is 1. The maximum absolute atomic E-state index is 5.27. The second-order valence-electron chi connectivity index (χ2n) is 7.12. The molecule has 0 aliphatic carbocycles. The summed E-state index contributed by atoms with van der Waals surface area (Å²) in [5.74, 6) is 2.44. The molecule has 0 radical (unpaired) electrons. The summed E-state index contributed by atoms with van der Waals surface area (Å²) in [6.45, 7) is 6.33. The van der Waals surface area contributed by atoms with Crippen LogP contribution in [0.4, 0.5) is 0 Å². The van der Waals surface area contributed by atoms with Gasteiger partial charge >= 0.3 is 0 Å². The van der Waals surface area contributed by atoms with Gasteiger partial charge in [-0.25, -0.2) is 4.99 Å². The summed E-state index contributed by atoms with van der Waals surface area (Å²) in [5.41, 5.74) is 3.76. The van der Waals surface area contributed by atoms with Gasteiger partial charge in [-0.05, 0) is 42.2 Å². The first-order chi connectivity index (χ1) is 13.7. The lowest BCUT2D eigenvalue weighted by molar-refractivity contribution is 0.185. The van der Waals surface area contributed by atoms with E-state index in [1.165, 1.54) is 16.7 Å². The van der Waals surface area contributed by atoms with Gasteiger partial charge in [0, 0.05) is 32.7 Å². The molecule has 0 aromatic heterocycles. The highest BCUT2D eigenvalue weighted by Crippen LogP contribution is 2.28. The van der Waals surface area contributed by atoms with E-state index in [-0.39, 0.29) is 24.0 Å². The van der Waals surface area contributed by atoms with Gasteiger partial charge in [0.25, 0.3) is 0 Å². The zero-order chi connectivity index (χ0) is 19.8. The Bertz CT molecular complexity index is 763. The van der Waals surface area contributed by atoms with Crippen molar-refractivity contribution in [3.05, 3.63) is 65.2 Å². The van der Waals surface area contributed by atoms with Gasteiger partial charge in [0.05, 0.1) is 20.3 Å². The van der Waals surface area contributed by atoms with Crippen molar-refractivity contribution in [3.8, 4) is 5.75 Å². The van der Waals surface area contributed by atoms with Gasteiger partial charge < -0.3 is 19.7 Å². The van der Waals surface area contributed by atoms with Crippen molar-refractivity contribution < 1.29 is 9.47 Å². The molecule has 1 unspecified atom stereocenters. The first-order valence-corrected chi connectivity index (χ1v) is 9.97. The summed E-state index contributed by atoms with van der Waals surface area (Å²) in [7, 11) is 3.42. The Balaban J connectivity index is 0.00000300. The zero-order valence-electron chi connectivity index (χ0n) is 17.6. The van der Waals surface area contributed by atoms with Gasteiger partial charge in [-0.2, -0.15) is 0 Å². The minimum absolute atomic E-state index is 0. The first-order valence-electron chi connectivity index (χ1n) is 9.97. The number of guanidine groups is 1. The van der Waals surface area contributed by atoms with Gasteiger partial charge in [0.1, 0.15) is 5.75 Å². The fraction of sp³-hybridized carbons (Fsp3) is 0.435. The van der Waals surface area contributed by atoms with E-state index in [2.05, 4.69) is 53.5 Å². The number of benzene rings is 2. The lowest BCUT2D eigenvalue weighted by Crippen LogP contribution is -2.40. The van der Waals surface area contributed by atoms with Crippen molar-refractivity contribution in [3.63, 3.8) is 0 Å². The molecule has 1 N–H and O–H groups in total. The van der Waals surface area contributed by atoms with Crippen LogP contribution in [0, 0.1) is 0 Å². The molecule has 1 saturated heterocycles. The molecule has 5 nitrogen and oxygen atoms in total. The molecule has 1 heterocycles. The van der Waals surface area contributed by atoms with Crippen molar-refractivity contribution in [2.45, 2.75) is 32.4 Å². The molecule has 2 aromatic carbocycles. The maximum atomic E-state index is 5.27. The molecule has 1 aliphatic rings. The van der Waals surface area contributed by atoms with E-state index >= 15 is 0 Å². The van der Waals surface area contributed by atoms with Crippen LogP contribution < -0.4 is 10.1 Å². The monoisotopic (exact) mass is 509 g/mol. The largest absolute Gasteiger partial charge is 0.497 e. The van der Waals surface area contributed by atoms with Crippen LogP contribution in [0.3, 0.4) is 0 Å². The summed E-state index contributed by atoms with van der Waals surface area (Å²) in [6, 6.07) is 16.9. The Labute approximate surface area is 191 Å². The number of ether oxygens (including phenoxy) is 2. The molecule has 1 fully saturated rings. The molecule has 0 bridgehead atoms. The van der Waals surface area contributed by atoms with E-state index in [0.717, 1.165) is 37.8 Å². The smallest absolute Gasteiger partial charge is 0.194 e. The summed E-state index contributed by atoms with van der Waals surface area (Å²) >= 11 is 0. The van der Waals surface area contributed by atoms with Crippen LogP contribution in [0.15, 0.2) is 53.5 Å². The van der Waals surface area contributed by atoms with Crippen LogP contribution in [0.2, 0.25) is 0 Å². The summed E-state index contributed by atoms with van der Waals surface area (Å²) < 4.78 is 10.4. The average Bonchev–Trinajstić information content (AvgIpc) is 3.22. The number of hydrogen-bond acceptors (Lipinski definition) is 3. The minimum Gasteiger partial charge on any atom is -0.497 e. The van der Waals surface area contributed by atoms with E-state index in [4.69, 9.17) is 14.5 Å². The van der Waals surface area contributed by atoms with Crippen molar-refractivity contribution in [1.29, 1.82) is 0 Å². The Morgan fingerprint density at radius 1 is 1.07 bits per heavy atom. The zero-order valence-corrected chi connectivity index (χ0v) is 19.9. The summed E-state index contributed by atoms with van der Waals surface area (Å²) in [5, 5.41) is 3.45. The summed E-state index contributed by atoms with van der Waals surface area (Å²) in [6.07, 6.45) is 1.14. The molecule has 6 heteroatoms. The lowest BCUT2D eigenvalue weighted by Gasteiger charge is -2.22. The Hall–Kier alpha value is -1.80. The third-order valence-corrected chi connectivity index (χ3v) is 5.16. The number of nitrogens with zero attached hydrogens (tertiary/aromatic N) is 2. The average molecular weight is 509 g/mol. The highest BCUT2D eigenvalue weighted by atomic mass is 127. The van der Waals surface area contributed by atoms with Crippen LogP contribution in [-0.4, -0.2) is 44.7 Å². The van der Waals surface area contributed by atoms with Crippen LogP contribution in [0.5, 0.6) is 5.75 Å². The van der Waals surface area contributed by atoms with Gasteiger partial charge in [-0.3, -0.25) is 0 Å². The van der Waals surface area contributed by atoms with E-state index < -0.39 is 0 Å². The maximum Gasteiger partial charge on any atom is 0.194 e. The van der Waals surface area contributed by atoms with E-state index in [0.29, 0.717) is 19.1 Å². The molecular weight excluding hydrogens is 477 g/mol. The lowest BCUT2D eigenvalue weighted by atomic mass is 9.98. The molecule has 0 saturated carbocycles. The predicted molar refractivity (Wildman–Crippen MR) is 129 cm³/mol. The molecule has 0 amide bonds. The highest BCUT2D eigenvalue weighted by Gasteiger charge is 2.26. The molecule has 1 aliphatic heterocycles. The van der Waals surface area contributed by atoms with Crippen LogP contribution >= 0.6 is 24.0 Å². The first kappa shape index (κ1) is 23.5. The Kier molecular flexibility index (Phi) is 9.73. The van der Waals surface area contributed by atoms with Crippen molar-refractivity contribution in [2.75, 3.05) is 33.9 Å². The molecule has 158 valence electrons. The van der Waals surface area contributed by atoms with Gasteiger partial charge in [0.2, 0.25) is 0 Å². The second-order valence-corrected chi connectivity index (χ2v) is 7.12. The quantitative estimate of drug-likeness (QED) is 0.341. The van der Waals surface area contributed by atoms with Crippen molar-refractivity contribution in [1.82, 2.24) is 10.2 Å². The molecule has 0 spiro atoms. The number of methoxy groups -OCH3 is 2. The number of hydrogen-bond donors (Lipinski definition) is 1. The number of aliphatic imine (C=N–C) groups is 1. The van der Waals surface area contributed by atoms with Gasteiger partial charge in [0.15, 0.2) is 5.96 Å². The number of likely N-dealkylation sites (tertiary alicyclic amines) is 1. The van der Waals surface area contributed by atoms with Crippen LogP contribution in [0.1, 0.15) is 36.0 Å². The third-order valence-electron chi connectivity index (χ3n) is 5.16. The standard InChI is InChI=1S/C23H31N3O2.HI/c1-4-24-23(25-15-18-5-7-19(8-6-18)17-27-2)26-14-13-21(16-26)20-9-11-22(28-3)12-10-20;/h5-12,21H,4,13-17H2,1-3H3,(H,24,25);1H. The third kappa shape index (κ3) is 6.60. The molecule has 1 atom stereocenters. The Morgan fingerprint density at radius 3 is 2.38 bits per heavy atom. The minimum atomic E-state index is 0. The molecular formula is C23H32IN3O2. The van der Waals surface area contributed by atoms with Gasteiger partial charge in [-0.15, -0.1) is 24.0 Å². The van der Waals surface area contributed by atoms with Crippen LogP contribution in [-0.2, 0) is 17.9 Å². The normalized spacial score (nSPS) is 16.4. The summed E-state index contributed by atoms with van der Waals surface area (Å²) in [4.78, 5) is 7.25. The van der Waals surface area contributed by atoms with E-state index in [1.807, 2.05) is 12.1 Å². The molecule has 2 aromatic rings. The fourth-order valence-electron chi connectivity index (χ4n) is 3.60. The van der Waals surface area contributed by atoms with Crippen LogP contribution in [0.25, 0.3) is 0 Å². The topological polar surface area (TPSA) is 46.1 Å². The Morgan fingerprint density at radius 2 is 1.76 bits per heavy atom. The van der Waals surface area contributed by atoms with E-state index in [9.17, 15) is 0 Å².